The molecule has 166 valence electrons. The Hall–Kier alpha value is -3.05. The Morgan fingerprint density at radius 2 is 1.21 bits per heavy atom. The molecule has 0 aliphatic carbocycles. The molecule has 0 saturated heterocycles. The monoisotopic (exact) mass is 451 g/mol. The number of rotatable bonds is 6. The van der Waals surface area contributed by atoms with Gasteiger partial charge in [0.05, 0.1) is 18.9 Å². The second-order valence-electron chi connectivity index (χ2n) is 9.08. The second-order valence-corrected chi connectivity index (χ2v) is 13.4. The fraction of sp³-hybridized carbons (Fsp3) is 0.207. The molecule has 0 fully saturated rings. The molecule has 33 heavy (non-hydrogen) atoms. The van der Waals surface area contributed by atoms with E-state index in [1.807, 2.05) is 6.20 Å². The third-order valence-corrected chi connectivity index (χ3v) is 10.3. The smallest absolute Gasteiger partial charge is 0.116 e. The van der Waals surface area contributed by atoms with Crippen LogP contribution in [0.1, 0.15) is 11.1 Å². The maximum Gasteiger partial charge on any atom is 0.116 e. The highest BCUT2D eigenvalue weighted by atomic mass is 28.3. The van der Waals surface area contributed by atoms with E-state index in [2.05, 4.69) is 85.9 Å². The van der Waals surface area contributed by atoms with Gasteiger partial charge in [-0.05, 0) is 49.8 Å². The van der Waals surface area contributed by atoms with Crippen molar-refractivity contribution in [2.75, 3.05) is 14.2 Å². The number of hydrogen-bond donors (Lipinski definition) is 0. The van der Waals surface area contributed by atoms with Gasteiger partial charge in [0.1, 0.15) is 8.07 Å². The molecule has 3 aromatic carbocycles. The summed E-state index contributed by atoms with van der Waals surface area (Å²) in [5.74, 6) is 0. The van der Waals surface area contributed by atoms with Gasteiger partial charge < -0.3 is 9.47 Å². The SMILES string of the molecule is COCc1c(COC)c(-c2ccccc2)c2c(c1-c1ccccc1)-c1ncccc1[Si]2(C)C. The number of aromatic nitrogens is 1. The van der Waals surface area contributed by atoms with E-state index in [1.54, 1.807) is 14.2 Å². The average molecular weight is 452 g/mol. The minimum absolute atomic E-state index is 0.514. The molecule has 0 amide bonds. The molecular weight excluding hydrogens is 422 g/mol. The van der Waals surface area contributed by atoms with Gasteiger partial charge in [-0.3, -0.25) is 4.98 Å². The Balaban J connectivity index is 2.02. The minimum Gasteiger partial charge on any atom is -0.380 e. The Morgan fingerprint density at radius 1 is 0.667 bits per heavy atom. The van der Waals surface area contributed by atoms with Crippen LogP contribution < -0.4 is 10.4 Å². The molecule has 0 N–H and O–H groups in total. The van der Waals surface area contributed by atoms with Crippen LogP contribution in [0.2, 0.25) is 13.1 Å². The number of nitrogens with zero attached hydrogens (tertiary/aromatic N) is 1. The summed E-state index contributed by atoms with van der Waals surface area (Å²) in [7, 11) is 1.51. The number of fused-ring (bicyclic) bond motifs is 3. The van der Waals surface area contributed by atoms with Crippen molar-refractivity contribution >= 4 is 18.4 Å². The first-order chi connectivity index (χ1) is 16.1. The molecule has 0 unspecified atom stereocenters. The standard InChI is InChI=1S/C29H29NO2Si/c1-31-18-22-23(19-32-2)26(21-14-9-6-10-15-21)29-27(25(22)20-12-7-5-8-13-20)28-24(33(29,3)4)16-11-17-30-28/h5-17H,18-19H2,1-4H3. The van der Waals surface area contributed by atoms with E-state index in [9.17, 15) is 0 Å². The zero-order valence-electron chi connectivity index (χ0n) is 19.7. The van der Waals surface area contributed by atoms with Gasteiger partial charge in [0.2, 0.25) is 0 Å². The Kier molecular flexibility index (Phi) is 5.75. The van der Waals surface area contributed by atoms with Crippen LogP contribution in [0.5, 0.6) is 0 Å². The molecule has 0 spiro atoms. The van der Waals surface area contributed by atoms with Gasteiger partial charge in [-0.1, -0.05) is 79.8 Å². The summed E-state index contributed by atoms with van der Waals surface area (Å²) in [4.78, 5) is 4.96. The molecule has 1 aromatic heterocycles. The van der Waals surface area contributed by atoms with E-state index in [0.29, 0.717) is 13.2 Å². The summed E-state index contributed by atoms with van der Waals surface area (Å²) in [5, 5.41) is 2.85. The van der Waals surface area contributed by atoms with E-state index in [0.717, 1.165) is 5.69 Å². The maximum absolute atomic E-state index is 5.82. The molecule has 3 nitrogen and oxygen atoms in total. The van der Waals surface area contributed by atoms with Gasteiger partial charge in [-0.15, -0.1) is 0 Å². The minimum atomic E-state index is -2.04. The third-order valence-electron chi connectivity index (χ3n) is 6.76. The van der Waals surface area contributed by atoms with Crippen molar-refractivity contribution in [2.24, 2.45) is 0 Å². The van der Waals surface area contributed by atoms with E-state index in [1.165, 1.54) is 49.3 Å². The fourth-order valence-electron chi connectivity index (χ4n) is 5.41. The summed E-state index contributed by atoms with van der Waals surface area (Å²) in [6.07, 6.45) is 1.93. The molecule has 4 heteroatoms. The lowest BCUT2D eigenvalue weighted by Gasteiger charge is -2.28. The quantitative estimate of drug-likeness (QED) is 0.362. The van der Waals surface area contributed by atoms with Gasteiger partial charge in [0.15, 0.2) is 0 Å². The summed E-state index contributed by atoms with van der Waals surface area (Å²) in [6, 6.07) is 25.8. The van der Waals surface area contributed by atoms with Gasteiger partial charge in [-0.2, -0.15) is 0 Å². The number of methoxy groups -OCH3 is 2. The summed E-state index contributed by atoms with van der Waals surface area (Å²) >= 11 is 0. The third kappa shape index (κ3) is 3.46. The van der Waals surface area contributed by atoms with Crippen LogP contribution in [0.25, 0.3) is 33.5 Å². The van der Waals surface area contributed by atoms with Gasteiger partial charge in [0.25, 0.3) is 0 Å². The molecule has 0 saturated carbocycles. The van der Waals surface area contributed by atoms with Crippen LogP contribution in [0.3, 0.4) is 0 Å². The summed E-state index contributed by atoms with van der Waals surface area (Å²) in [5.41, 5.74) is 9.77. The predicted octanol–water partition coefficient (Wildman–Crippen LogP) is 5.51. The summed E-state index contributed by atoms with van der Waals surface area (Å²) < 4.78 is 11.6. The molecule has 4 aromatic rings. The number of pyridine rings is 1. The van der Waals surface area contributed by atoms with Crippen LogP contribution in [0.15, 0.2) is 79.0 Å². The number of hydrogen-bond acceptors (Lipinski definition) is 3. The van der Waals surface area contributed by atoms with Crippen molar-refractivity contribution in [3.8, 4) is 33.5 Å². The first-order valence-corrected chi connectivity index (χ1v) is 14.4. The molecule has 1 aliphatic heterocycles. The van der Waals surface area contributed by atoms with Gasteiger partial charge in [-0.25, -0.2) is 0 Å². The highest BCUT2D eigenvalue weighted by molar-refractivity contribution is 7.04. The Bertz CT molecular complexity index is 1300. The van der Waals surface area contributed by atoms with Crippen molar-refractivity contribution in [3.05, 3.63) is 90.1 Å². The molecule has 0 atom stereocenters. The lowest BCUT2D eigenvalue weighted by Crippen LogP contribution is -2.50. The zero-order valence-corrected chi connectivity index (χ0v) is 20.7. The first kappa shape index (κ1) is 21.8. The van der Waals surface area contributed by atoms with Crippen LogP contribution in [-0.4, -0.2) is 27.3 Å². The lowest BCUT2D eigenvalue weighted by molar-refractivity contribution is 0.169. The van der Waals surface area contributed by atoms with Crippen molar-refractivity contribution in [1.29, 1.82) is 0 Å². The van der Waals surface area contributed by atoms with Crippen molar-refractivity contribution < 1.29 is 9.47 Å². The van der Waals surface area contributed by atoms with E-state index >= 15 is 0 Å². The Morgan fingerprint density at radius 3 is 1.79 bits per heavy atom. The van der Waals surface area contributed by atoms with Gasteiger partial charge >= 0.3 is 0 Å². The van der Waals surface area contributed by atoms with E-state index in [4.69, 9.17) is 14.5 Å². The van der Waals surface area contributed by atoms with Crippen molar-refractivity contribution in [3.63, 3.8) is 0 Å². The second kappa shape index (κ2) is 8.71. The number of ether oxygens (including phenoxy) is 2. The lowest BCUT2D eigenvalue weighted by atomic mass is 9.84. The molecular formula is C29H29NO2Si. The summed E-state index contributed by atoms with van der Waals surface area (Å²) in [6.45, 7) is 5.95. The highest BCUT2D eigenvalue weighted by Gasteiger charge is 2.43. The van der Waals surface area contributed by atoms with Crippen LogP contribution in [0, 0.1) is 0 Å². The van der Waals surface area contributed by atoms with Crippen molar-refractivity contribution in [1.82, 2.24) is 4.98 Å². The van der Waals surface area contributed by atoms with Crippen LogP contribution in [0.4, 0.5) is 0 Å². The fourth-order valence-corrected chi connectivity index (χ4v) is 8.77. The topological polar surface area (TPSA) is 31.4 Å². The van der Waals surface area contributed by atoms with Crippen LogP contribution in [-0.2, 0) is 22.7 Å². The molecule has 0 bridgehead atoms. The molecule has 2 heterocycles. The normalized spacial score (nSPS) is 13.6. The van der Waals surface area contributed by atoms with Gasteiger partial charge in [0, 0.05) is 26.0 Å². The highest BCUT2D eigenvalue weighted by Crippen LogP contribution is 2.44. The first-order valence-electron chi connectivity index (χ1n) is 11.4. The predicted molar refractivity (Wildman–Crippen MR) is 139 cm³/mol. The van der Waals surface area contributed by atoms with Crippen molar-refractivity contribution in [2.45, 2.75) is 26.3 Å². The molecule has 0 radical (unpaired) electrons. The Labute approximate surface area is 197 Å². The van der Waals surface area contributed by atoms with Crippen LogP contribution >= 0.6 is 0 Å². The zero-order chi connectivity index (χ0) is 23.0. The molecule has 1 aliphatic rings. The average Bonchev–Trinajstić information content (AvgIpc) is 3.08. The maximum atomic E-state index is 5.82. The number of benzene rings is 3. The van der Waals surface area contributed by atoms with E-state index < -0.39 is 8.07 Å². The largest absolute Gasteiger partial charge is 0.380 e. The molecule has 5 rings (SSSR count). The van der Waals surface area contributed by atoms with E-state index in [-0.39, 0.29) is 0 Å².